The molecule has 2 amide bonds. The lowest BCUT2D eigenvalue weighted by atomic mass is 10.1. The number of ether oxygens (including phenoxy) is 2. The molecule has 188 valence electrons. The molecule has 2 N–H and O–H groups in total. The highest BCUT2D eigenvalue weighted by Gasteiger charge is 2.42. The van der Waals surface area contributed by atoms with Gasteiger partial charge >= 0.3 is 12.1 Å². The summed E-state index contributed by atoms with van der Waals surface area (Å²) in [6.45, 7) is 1.20. The smallest absolute Gasteiger partial charge is 0.414 e. The molecule has 1 aromatic rings. The van der Waals surface area contributed by atoms with E-state index in [9.17, 15) is 27.9 Å². The number of morpholine rings is 1. The molecule has 2 aliphatic rings. The maximum Gasteiger partial charge on any atom is 0.414 e. The van der Waals surface area contributed by atoms with E-state index < -0.39 is 40.3 Å². The average molecular weight is 499 g/mol. The maximum absolute atomic E-state index is 13.0. The third kappa shape index (κ3) is 6.23. The molecule has 1 aromatic carbocycles. The number of hydrogen-bond donors (Lipinski definition) is 2. The van der Waals surface area contributed by atoms with Gasteiger partial charge < -0.3 is 24.8 Å². The van der Waals surface area contributed by atoms with E-state index in [1.54, 1.807) is 26.2 Å². The highest BCUT2D eigenvalue weighted by molar-refractivity contribution is 7.86. The topological polar surface area (TPSA) is 146 Å². The van der Waals surface area contributed by atoms with Gasteiger partial charge in [-0.05, 0) is 30.5 Å². The predicted octanol–water partition coefficient (Wildman–Crippen LogP) is -0.0997. The quantitative estimate of drug-likeness (QED) is 0.505. The Balaban J connectivity index is 1.65. The number of amides is 2. The Labute approximate surface area is 198 Å². The van der Waals surface area contributed by atoms with Gasteiger partial charge in [0.1, 0.15) is 17.8 Å². The van der Waals surface area contributed by atoms with E-state index in [0.717, 1.165) is 4.31 Å². The van der Waals surface area contributed by atoms with Crippen LogP contribution in [-0.2, 0) is 31.0 Å². The molecule has 2 saturated heterocycles. The number of rotatable bonds is 8. The van der Waals surface area contributed by atoms with Gasteiger partial charge in [0.2, 0.25) is 5.91 Å². The van der Waals surface area contributed by atoms with E-state index >= 15 is 0 Å². The Hall–Kier alpha value is -2.74. The molecule has 2 heterocycles. The first-order valence-corrected chi connectivity index (χ1v) is 12.3. The van der Waals surface area contributed by atoms with Crippen LogP contribution in [0.4, 0.5) is 4.79 Å². The molecule has 2 aliphatic heterocycles. The third-order valence-corrected chi connectivity index (χ3v) is 7.69. The number of carbonyl (C=O) groups is 3. The summed E-state index contributed by atoms with van der Waals surface area (Å²) in [4.78, 5) is 37.7. The zero-order chi connectivity index (χ0) is 24.9. The van der Waals surface area contributed by atoms with E-state index in [2.05, 4.69) is 5.32 Å². The van der Waals surface area contributed by atoms with Crippen molar-refractivity contribution >= 4 is 28.2 Å². The van der Waals surface area contributed by atoms with Gasteiger partial charge in [0.25, 0.3) is 10.2 Å². The standard InChI is InChI=1S/C21H30N4O8S/c1-23(2)21(29)33-16-7-5-15(6-8-16)14-17(20(27)28)22-19(26)18-4-3-9-25(18)34(30,31)24-10-12-32-13-11-24/h5-8,17-18H,3-4,9-14H2,1-2H3,(H,22,26)(H,27,28)/t17-,18-/m0/s1. The molecular weight excluding hydrogens is 468 g/mol. The molecule has 13 heteroatoms. The second-order valence-corrected chi connectivity index (χ2v) is 10.2. The van der Waals surface area contributed by atoms with Crippen LogP contribution in [0, 0.1) is 0 Å². The van der Waals surface area contributed by atoms with Crippen molar-refractivity contribution in [1.82, 2.24) is 18.8 Å². The Morgan fingerprint density at radius 1 is 1.18 bits per heavy atom. The fraction of sp³-hybridized carbons (Fsp3) is 0.571. The molecular formula is C21H30N4O8S. The first-order valence-electron chi connectivity index (χ1n) is 11.0. The zero-order valence-corrected chi connectivity index (χ0v) is 20.0. The van der Waals surface area contributed by atoms with Crippen molar-refractivity contribution in [2.24, 2.45) is 0 Å². The Kier molecular flexibility index (Phi) is 8.47. The van der Waals surface area contributed by atoms with Crippen LogP contribution in [0.25, 0.3) is 0 Å². The second kappa shape index (κ2) is 11.1. The molecule has 2 fully saturated rings. The summed E-state index contributed by atoms with van der Waals surface area (Å²) in [7, 11) is -0.758. The number of aliphatic carboxylic acids is 1. The monoisotopic (exact) mass is 498 g/mol. The van der Waals surface area contributed by atoms with Gasteiger partial charge in [0, 0.05) is 40.2 Å². The number of carboxylic acids is 1. The minimum Gasteiger partial charge on any atom is -0.480 e. The van der Waals surface area contributed by atoms with Crippen molar-refractivity contribution in [3.8, 4) is 5.75 Å². The number of nitrogens with one attached hydrogen (secondary N) is 1. The van der Waals surface area contributed by atoms with Crippen LogP contribution in [0.2, 0.25) is 0 Å². The lowest BCUT2D eigenvalue weighted by Gasteiger charge is -2.32. The van der Waals surface area contributed by atoms with Crippen LogP contribution < -0.4 is 10.1 Å². The van der Waals surface area contributed by atoms with Crippen LogP contribution in [0.5, 0.6) is 5.75 Å². The fourth-order valence-corrected chi connectivity index (χ4v) is 5.58. The van der Waals surface area contributed by atoms with Gasteiger partial charge in [-0.15, -0.1) is 0 Å². The van der Waals surface area contributed by atoms with Gasteiger partial charge in [-0.1, -0.05) is 12.1 Å². The number of carbonyl (C=O) groups excluding carboxylic acids is 2. The van der Waals surface area contributed by atoms with Crippen LogP contribution in [-0.4, -0.2) is 104 Å². The van der Waals surface area contributed by atoms with E-state index in [0.29, 0.717) is 24.2 Å². The third-order valence-electron chi connectivity index (χ3n) is 5.65. The SMILES string of the molecule is CN(C)C(=O)Oc1ccc(C[C@H](NC(=O)[C@@H]2CCCN2S(=O)(=O)N2CCOCC2)C(=O)O)cc1. The molecule has 0 aliphatic carbocycles. The van der Waals surface area contributed by atoms with Gasteiger partial charge in [-0.25, -0.2) is 9.59 Å². The molecule has 0 radical (unpaired) electrons. The fourth-order valence-electron chi connectivity index (χ4n) is 3.79. The van der Waals surface area contributed by atoms with E-state index in [1.165, 1.54) is 21.3 Å². The van der Waals surface area contributed by atoms with Gasteiger partial charge in [-0.2, -0.15) is 17.0 Å². The van der Waals surface area contributed by atoms with Gasteiger partial charge in [0.15, 0.2) is 0 Å². The molecule has 2 atom stereocenters. The highest BCUT2D eigenvalue weighted by Crippen LogP contribution is 2.24. The van der Waals surface area contributed by atoms with Gasteiger partial charge in [0.05, 0.1) is 13.2 Å². The molecule has 12 nitrogen and oxygen atoms in total. The Morgan fingerprint density at radius 3 is 2.41 bits per heavy atom. The van der Waals surface area contributed by atoms with Crippen molar-refractivity contribution in [1.29, 1.82) is 0 Å². The predicted molar refractivity (Wildman–Crippen MR) is 120 cm³/mol. The van der Waals surface area contributed by atoms with Crippen LogP contribution in [0.15, 0.2) is 24.3 Å². The molecule has 0 spiro atoms. The number of benzene rings is 1. The van der Waals surface area contributed by atoms with Crippen molar-refractivity contribution in [2.45, 2.75) is 31.3 Å². The molecule has 0 saturated carbocycles. The average Bonchev–Trinajstić information content (AvgIpc) is 3.31. The maximum atomic E-state index is 13.0. The first kappa shape index (κ1) is 25.9. The van der Waals surface area contributed by atoms with E-state index in [1.807, 2.05) is 0 Å². The van der Waals surface area contributed by atoms with Crippen molar-refractivity contribution < 1.29 is 37.4 Å². The van der Waals surface area contributed by atoms with Crippen molar-refractivity contribution in [3.63, 3.8) is 0 Å². The summed E-state index contributed by atoms with van der Waals surface area (Å²) in [6, 6.07) is 4.05. The van der Waals surface area contributed by atoms with Crippen molar-refractivity contribution in [3.05, 3.63) is 29.8 Å². The summed E-state index contributed by atoms with van der Waals surface area (Å²) in [6.07, 6.45) is 0.253. The van der Waals surface area contributed by atoms with Crippen molar-refractivity contribution in [2.75, 3.05) is 46.9 Å². The lowest BCUT2D eigenvalue weighted by Crippen LogP contribution is -2.55. The minimum atomic E-state index is -3.86. The lowest BCUT2D eigenvalue weighted by molar-refractivity contribution is -0.142. The molecule has 34 heavy (non-hydrogen) atoms. The van der Waals surface area contributed by atoms with E-state index in [4.69, 9.17) is 9.47 Å². The number of carboxylic acid groups (broad SMARTS) is 1. The largest absolute Gasteiger partial charge is 0.480 e. The highest BCUT2D eigenvalue weighted by atomic mass is 32.2. The van der Waals surface area contributed by atoms with Crippen LogP contribution in [0.1, 0.15) is 18.4 Å². The zero-order valence-electron chi connectivity index (χ0n) is 19.2. The molecule has 0 unspecified atom stereocenters. The second-order valence-electron chi connectivity index (χ2n) is 8.30. The summed E-state index contributed by atoms with van der Waals surface area (Å²) >= 11 is 0. The summed E-state index contributed by atoms with van der Waals surface area (Å²) in [5, 5.41) is 12.1. The first-order chi connectivity index (χ1) is 16.1. The summed E-state index contributed by atoms with van der Waals surface area (Å²) in [5.74, 6) is -1.58. The van der Waals surface area contributed by atoms with Crippen LogP contribution >= 0.6 is 0 Å². The molecule has 3 rings (SSSR count). The molecule has 0 aromatic heterocycles. The van der Waals surface area contributed by atoms with E-state index in [-0.39, 0.29) is 39.3 Å². The Bertz CT molecular complexity index is 993. The normalized spacial score (nSPS) is 20.5. The number of hydrogen-bond acceptors (Lipinski definition) is 7. The number of nitrogens with zero attached hydrogens (tertiary/aromatic N) is 3. The molecule has 0 bridgehead atoms. The van der Waals surface area contributed by atoms with Crippen LogP contribution in [0.3, 0.4) is 0 Å². The Morgan fingerprint density at radius 2 is 1.82 bits per heavy atom. The minimum absolute atomic E-state index is 0.0219. The summed E-state index contributed by atoms with van der Waals surface area (Å²) in [5.41, 5.74) is 0.599. The van der Waals surface area contributed by atoms with Gasteiger partial charge in [-0.3, -0.25) is 4.79 Å². The summed E-state index contributed by atoms with van der Waals surface area (Å²) < 4.78 is 38.8.